The molecular formula is C15H21NO3. The number of ether oxygens (including phenoxy) is 1. The Hall–Kier alpha value is -1.71. The van der Waals surface area contributed by atoms with Crippen molar-refractivity contribution < 1.29 is 14.6 Å². The van der Waals surface area contributed by atoms with Gasteiger partial charge in [-0.2, -0.15) is 0 Å². The lowest BCUT2D eigenvalue weighted by Crippen LogP contribution is -2.33. The van der Waals surface area contributed by atoms with E-state index < -0.39 is 0 Å². The Morgan fingerprint density at radius 1 is 1.47 bits per heavy atom. The number of phenols is 1. The summed E-state index contributed by atoms with van der Waals surface area (Å²) in [6.07, 6.45) is 3.08. The third-order valence-corrected chi connectivity index (χ3v) is 3.75. The highest BCUT2D eigenvalue weighted by molar-refractivity contribution is 5.97. The SMILES string of the molecule is COc1ccc(O)c(C(=O)NC2CCC(C)(C)C2)c1. The topological polar surface area (TPSA) is 58.6 Å². The summed E-state index contributed by atoms with van der Waals surface area (Å²) in [7, 11) is 1.54. The smallest absolute Gasteiger partial charge is 0.255 e. The molecule has 104 valence electrons. The van der Waals surface area contributed by atoms with Crippen LogP contribution in [-0.2, 0) is 0 Å². The number of methoxy groups -OCH3 is 1. The molecule has 1 aromatic rings. The van der Waals surface area contributed by atoms with Crippen LogP contribution in [0.2, 0.25) is 0 Å². The summed E-state index contributed by atoms with van der Waals surface area (Å²) in [4.78, 5) is 12.2. The molecule has 1 fully saturated rings. The van der Waals surface area contributed by atoms with Gasteiger partial charge in [0.1, 0.15) is 11.5 Å². The number of carbonyl (C=O) groups excluding carboxylic acids is 1. The van der Waals surface area contributed by atoms with Crippen molar-refractivity contribution in [3.05, 3.63) is 23.8 Å². The van der Waals surface area contributed by atoms with Crippen molar-refractivity contribution in [3.63, 3.8) is 0 Å². The lowest BCUT2D eigenvalue weighted by atomic mass is 9.92. The molecule has 1 amide bonds. The maximum atomic E-state index is 12.2. The molecule has 4 nitrogen and oxygen atoms in total. The quantitative estimate of drug-likeness (QED) is 0.881. The molecule has 19 heavy (non-hydrogen) atoms. The summed E-state index contributed by atoms with van der Waals surface area (Å²) in [5.74, 6) is 0.310. The molecule has 2 N–H and O–H groups in total. The Morgan fingerprint density at radius 3 is 2.79 bits per heavy atom. The molecule has 1 aromatic carbocycles. The van der Waals surface area contributed by atoms with Gasteiger partial charge in [0.05, 0.1) is 12.7 Å². The highest BCUT2D eigenvalue weighted by atomic mass is 16.5. The van der Waals surface area contributed by atoms with E-state index in [1.807, 2.05) is 0 Å². The van der Waals surface area contributed by atoms with E-state index in [1.54, 1.807) is 12.1 Å². The van der Waals surface area contributed by atoms with Crippen molar-refractivity contribution in [1.82, 2.24) is 5.32 Å². The minimum Gasteiger partial charge on any atom is -0.507 e. The van der Waals surface area contributed by atoms with Crippen molar-refractivity contribution in [1.29, 1.82) is 0 Å². The predicted molar refractivity (Wildman–Crippen MR) is 73.5 cm³/mol. The Bertz CT molecular complexity index is 482. The molecule has 0 radical (unpaired) electrons. The highest BCUT2D eigenvalue weighted by Gasteiger charge is 2.32. The molecule has 0 heterocycles. The van der Waals surface area contributed by atoms with Crippen LogP contribution in [0.1, 0.15) is 43.5 Å². The molecule has 0 aliphatic heterocycles. The molecule has 0 bridgehead atoms. The van der Waals surface area contributed by atoms with Gasteiger partial charge in [0.2, 0.25) is 0 Å². The molecule has 4 heteroatoms. The number of phenolic OH excluding ortho intramolecular Hbond substituents is 1. The third-order valence-electron chi connectivity index (χ3n) is 3.75. The second-order valence-electron chi connectivity index (χ2n) is 5.96. The van der Waals surface area contributed by atoms with Crippen LogP contribution in [-0.4, -0.2) is 24.2 Å². The van der Waals surface area contributed by atoms with Crippen LogP contribution in [0.3, 0.4) is 0 Å². The van der Waals surface area contributed by atoms with Gasteiger partial charge in [-0.1, -0.05) is 13.8 Å². The van der Waals surface area contributed by atoms with Crippen molar-refractivity contribution in [2.45, 2.75) is 39.2 Å². The lowest BCUT2D eigenvalue weighted by molar-refractivity contribution is 0.0933. The maximum Gasteiger partial charge on any atom is 0.255 e. The van der Waals surface area contributed by atoms with E-state index in [4.69, 9.17) is 4.74 Å². The maximum absolute atomic E-state index is 12.2. The third kappa shape index (κ3) is 3.19. The van der Waals surface area contributed by atoms with Crippen molar-refractivity contribution in [2.24, 2.45) is 5.41 Å². The second-order valence-corrected chi connectivity index (χ2v) is 5.96. The van der Waals surface area contributed by atoms with Gasteiger partial charge in [0, 0.05) is 6.04 Å². The van der Waals surface area contributed by atoms with Crippen LogP contribution < -0.4 is 10.1 Å². The van der Waals surface area contributed by atoms with Crippen molar-refractivity contribution in [3.8, 4) is 11.5 Å². The largest absolute Gasteiger partial charge is 0.507 e. The van der Waals surface area contributed by atoms with Crippen LogP contribution in [0.15, 0.2) is 18.2 Å². The zero-order chi connectivity index (χ0) is 14.0. The molecule has 0 aromatic heterocycles. The number of nitrogens with one attached hydrogen (secondary N) is 1. The number of hydrogen-bond donors (Lipinski definition) is 2. The van der Waals surface area contributed by atoms with Gasteiger partial charge in [0.25, 0.3) is 5.91 Å². The predicted octanol–water partition coefficient (Wildman–Crippen LogP) is 2.71. The Labute approximate surface area is 113 Å². The van der Waals surface area contributed by atoms with Gasteiger partial charge >= 0.3 is 0 Å². The number of benzene rings is 1. The summed E-state index contributed by atoms with van der Waals surface area (Å²) >= 11 is 0. The summed E-state index contributed by atoms with van der Waals surface area (Å²) in [6, 6.07) is 4.86. The van der Waals surface area contributed by atoms with Crippen LogP contribution in [0.4, 0.5) is 0 Å². The molecule has 0 spiro atoms. The monoisotopic (exact) mass is 263 g/mol. The Kier molecular flexibility index (Phi) is 3.69. The number of carbonyl (C=O) groups is 1. The first-order valence-corrected chi connectivity index (χ1v) is 6.59. The summed E-state index contributed by atoms with van der Waals surface area (Å²) in [6.45, 7) is 4.42. The molecule has 1 unspecified atom stereocenters. The minimum absolute atomic E-state index is 0.0180. The first-order valence-electron chi connectivity index (χ1n) is 6.59. The van der Waals surface area contributed by atoms with E-state index in [9.17, 15) is 9.90 Å². The van der Waals surface area contributed by atoms with Gasteiger partial charge in [-0.05, 0) is 42.9 Å². The summed E-state index contributed by atoms with van der Waals surface area (Å²) in [5, 5.41) is 12.7. The van der Waals surface area contributed by atoms with E-state index in [0.29, 0.717) is 5.75 Å². The molecule has 1 atom stereocenters. The number of amides is 1. The van der Waals surface area contributed by atoms with Crippen LogP contribution >= 0.6 is 0 Å². The van der Waals surface area contributed by atoms with Crippen LogP contribution in [0.25, 0.3) is 0 Å². The summed E-state index contributed by atoms with van der Waals surface area (Å²) < 4.78 is 5.07. The molecule has 0 saturated heterocycles. The first-order chi connectivity index (χ1) is 8.91. The number of rotatable bonds is 3. The zero-order valence-corrected chi connectivity index (χ0v) is 11.7. The fourth-order valence-corrected chi connectivity index (χ4v) is 2.65. The van der Waals surface area contributed by atoms with Crippen molar-refractivity contribution in [2.75, 3.05) is 7.11 Å². The fraction of sp³-hybridized carbons (Fsp3) is 0.533. The van der Waals surface area contributed by atoms with Crippen LogP contribution in [0.5, 0.6) is 11.5 Å². The van der Waals surface area contributed by atoms with Gasteiger partial charge in [-0.3, -0.25) is 4.79 Å². The van der Waals surface area contributed by atoms with E-state index in [0.717, 1.165) is 19.3 Å². The minimum atomic E-state index is -0.237. The molecule has 2 rings (SSSR count). The van der Waals surface area contributed by atoms with E-state index in [-0.39, 0.29) is 28.7 Å². The molecule has 1 aliphatic rings. The van der Waals surface area contributed by atoms with E-state index in [1.165, 1.54) is 13.2 Å². The average molecular weight is 263 g/mol. The number of hydrogen-bond acceptors (Lipinski definition) is 3. The Morgan fingerprint density at radius 2 is 2.21 bits per heavy atom. The zero-order valence-electron chi connectivity index (χ0n) is 11.7. The average Bonchev–Trinajstić information content (AvgIpc) is 2.69. The summed E-state index contributed by atoms with van der Waals surface area (Å²) in [5.41, 5.74) is 0.554. The van der Waals surface area contributed by atoms with E-state index in [2.05, 4.69) is 19.2 Å². The lowest BCUT2D eigenvalue weighted by Gasteiger charge is -2.18. The van der Waals surface area contributed by atoms with E-state index >= 15 is 0 Å². The normalized spacial score (nSPS) is 21.1. The van der Waals surface area contributed by atoms with Crippen LogP contribution in [0, 0.1) is 5.41 Å². The Balaban J connectivity index is 2.08. The highest BCUT2D eigenvalue weighted by Crippen LogP contribution is 2.37. The molecule has 1 aliphatic carbocycles. The van der Waals surface area contributed by atoms with Gasteiger partial charge in [-0.15, -0.1) is 0 Å². The van der Waals surface area contributed by atoms with Gasteiger partial charge in [-0.25, -0.2) is 0 Å². The second kappa shape index (κ2) is 5.11. The molecule has 1 saturated carbocycles. The van der Waals surface area contributed by atoms with Gasteiger partial charge in [0.15, 0.2) is 0 Å². The fourth-order valence-electron chi connectivity index (χ4n) is 2.65. The van der Waals surface area contributed by atoms with Gasteiger partial charge < -0.3 is 15.2 Å². The molecular weight excluding hydrogens is 242 g/mol. The van der Waals surface area contributed by atoms with Crippen molar-refractivity contribution >= 4 is 5.91 Å². The first kappa shape index (κ1) is 13.7. The number of aromatic hydroxyl groups is 1. The standard InChI is InChI=1S/C15H21NO3/c1-15(2)7-6-10(9-15)16-14(18)12-8-11(19-3)4-5-13(12)17/h4-5,8,10,17H,6-7,9H2,1-3H3,(H,16,18).